The van der Waals surface area contributed by atoms with Crippen molar-refractivity contribution in [2.24, 2.45) is 0 Å². The van der Waals surface area contributed by atoms with Crippen LogP contribution in [0.2, 0.25) is 5.02 Å². The number of imidazole rings is 1. The van der Waals surface area contributed by atoms with Crippen LogP contribution < -0.4 is 11.1 Å². The molecule has 0 fully saturated rings. The number of aliphatic hydroxyl groups excluding tert-OH is 1. The molecule has 0 bridgehead atoms. The number of anilines is 1. The fourth-order valence-electron chi connectivity index (χ4n) is 2.54. The third-order valence-electron chi connectivity index (χ3n) is 3.82. The molecule has 3 rings (SSSR count). The van der Waals surface area contributed by atoms with E-state index in [0.717, 1.165) is 15.6 Å². The number of benzene rings is 1. The second kappa shape index (κ2) is 8.22. The lowest BCUT2D eigenvalue weighted by Gasteiger charge is -2.11. The SMILES string of the molecule is Cc1cc(Cl)ccc1Sc1nc2c(N)ncnc2n1CCNC[C@@H](C)O. The fourth-order valence-corrected chi connectivity index (χ4v) is 3.75. The molecule has 1 aromatic carbocycles. The van der Waals surface area contributed by atoms with Gasteiger partial charge in [0, 0.05) is 29.6 Å². The normalized spacial score (nSPS) is 12.6. The number of hydrogen-bond donors (Lipinski definition) is 3. The summed E-state index contributed by atoms with van der Waals surface area (Å²) < 4.78 is 2.02. The third-order valence-corrected chi connectivity index (χ3v) is 5.22. The first-order valence-corrected chi connectivity index (χ1v) is 9.44. The van der Waals surface area contributed by atoms with Crippen LogP contribution in [-0.2, 0) is 6.54 Å². The zero-order valence-corrected chi connectivity index (χ0v) is 16.2. The van der Waals surface area contributed by atoms with E-state index in [-0.39, 0.29) is 0 Å². The summed E-state index contributed by atoms with van der Waals surface area (Å²) in [6, 6.07) is 5.77. The molecule has 0 unspecified atom stereocenters. The van der Waals surface area contributed by atoms with Gasteiger partial charge in [-0.2, -0.15) is 0 Å². The molecule has 4 N–H and O–H groups in total. The molecule has 138 valence electrons. The van der Waals surface area contributed by atoms with Gasteiger partial charge in [-0.05, 0) is 37.6 Å². The molecule has 0 aliphatic rings. The third kappa shape index (κ3) is 4.27. The van der Waals surface area contributed by atoms with E-state index in [2.05, 4.69) is 20.3 Å². The summed E-state index contributed by atoms with van der Waals surface area (Å²) in [6.45, 7) is 5.61. The van der Waals surface area contributed by atoms with Crippen molar-refractivity contribution in [2.75, 3.05) is 18.8 Å². The summed E-state index contributed by atoms with van der Waals surface area (Å²) in [5, 5.41) is 14.1. The van der Waals surface area contributed by atoms with E-state index in [1.165, 1.54) is 6.33 Å². The van der Waals surface area contributed by atoms with Crippen molar-refractivity contribution in [3.63, 3.8) is 0 Å². The van der Waals surface area contributed by atoms with Crippen molar-refractivity contribution >= 4 is 40.3 Å². The van der Waals surface area contributed by atoms with Crippen LogP contribution in [0.25, 0.3) is 11.2 Å². The largest absolute Gasteiger partial charge is 0.392 e. The molecular formula is C17H21ClN6OS. The highest BCUT2D eigenvalue weighted by atomic mass is 35.5. The maximum atomic E-state index is 9.39. The molecular weight excluding hydrogens is 372 g/mol. The van der Waals surface area contributed by atoms with Crippen LogP contribution in [0.5, 0.6) is 0 Å². The monoisotopic (exact) mass is 392 g/mol. The minimum Gasteiger partial charge on any atom is -0.392 e. The molecule has 2 heterocycles. The van der Waals surface area contributed by atoms with Crippen LogP contribution in [-0.4, -0.2) is 43.8 Å². The molecule has 0 aliphatic carbocycles. The van der Waals surface area contributed by atoms with Gasteiger partial charge in [0.15, 0.2) is 22.1 Å². The number of halogens is 1. The van der Waals surface area contributed by atoms with E-state index < -0.39 is 6.10 Å². The highest BCUT2D eigenvalue weighted by Gasteiger charge is 2.16. The Balaban J connectivity index is 1.92. The molecule has 9 heteroatoms. The zero-order valence-electron chi connectivity index (χ0n) is 14.6. The average Bonchev–Trinajstić information content (AvgIpc) is 2.93. The van der Waals surface area contributed by atoms with Gasteiger partial charge >= 0.3 is 0 Å². The number of fused-ring (bicyclic) bond motifs is 1. The minimum absolute atomic E-state index is 0.361. The van der Waals surface area contributed by atoms with Crippen molar-refractivity contribution in [3.8, 4) is 0 Å². The van der Waals surface area contributed by atoms with Crippen molar-refractivity contribution in [1.82, 2.24) is 24.8 Å². The summed E-state index contributed by atoms with van der Waals surface area (Å²) in [5.74, 6) is 0.361. The smallest absolute Gasteiger partial charge is 0.175 e. The first kappa shape index (κ1) is 18.9. The lowest BCUT2D eigenvalue weighted by molar-refractivity contribution is 0.191. The fraction of sp³-hybridized carbons (Fsp3) is 0.353. The number of nitrogens with two attached hydrogens (primary N) is 1. The number of aryl methyl sites for hydroxylation is 1. The predicted octanol–water partition coefficient (Wildman–Crippen LogP) is 2.49. The number of hydrogen-bond acceptors (Lipinski definition) is 7. The van der Waals surface area contributed by atoms with Crippen LogP contribution >= 0.6 is 23.4 Å². The Labute approximate surface area is 161 Å². The zero-order chi connectivity index (χ0) is 18.7. The van der Waals surface area contributed by atoms with Crippen LogP contribution in [0.3, 0.4) is 0 Å². The molecule has 0 saturated carbocycles. The Morgan fingerprint density at radius 1 is 1.38 bits per heavy atom. The molecule has 7 nitrogen and oxygen atoms in total. The second-order valence-corrected chi connectivity index (χ2v) is 7.49. The average molecular weight is 393 g/mol. The van der Waals surface area contributed by atoms with Crippen molar-refractivity contribution in [3.05, 3.63) is 35.1 Å². The summed E-state index contributed by atoms with van der Waals surface area (Å²) in [5.41, 5.74) is 8.34. The highest BCUT2D eigenvalue weighted by Crippen LogP contribution is 2.33. The first-order valence-electron chi connectivity index (χ1n) is 8.25. The molecule has 0 radical (unpaired) electrons. The Morgan fingerprint density at radius 2 is 2.19 bits per heavy atom. The van der Waals surface area contributed by atoms with Crippen LogP contribution in [0.1, 0.15) is 12.5 Å². The van der Waals surface area contributed by atoms with Gasteiger partial charge in [0.1, 0.15) is 6.33 Å². The number of aliphatic hydroxyl groups is 1. The van der Waals surface area contributed by atoms with Gasteiger partial charge < -0.3 is 20.7 Å². The Bertz CT molecular complexity index is 914. The molecule has 0 spiro atoms. The van der Waals surface area contributed by atoms with E-state index in [1.54, 1.807) is 18.7 Å². The van der Waals surface area contributed by atoms with Crippen LogP contribution in [0, 0.1) is 6.92 Å². The Kier molecular flexibility index (Phi) is 5.98. The molecule has 0 saturated heterocycles. The molecule has 0 aliphatic heterocycles. The van der Waals surface area contributed by atoms with Gasteiger partial charge in [-0.25, -0.2) is 15.0 Å². The van der Waals surface area contributed by atoms with E-state index in [4.69, 9.17) is 17.3 Å². The van der Waals surface area contributed by atoms with Crippen molar-refractivity contribution < 1.29 is 5.11 Å². The lowest BCUT2D eigenvalue weighted by atomic mass is 10.2. The van der Waals surface area contributed by atoms with E-state index in [0.29, 0.717) is 41.6 Å². The summed E-state index contributed by atoms with van der Waals surface area (Å²) in [4.78, 5) is 14.1. The van der Waals surface area contributed by atoms with Crippen molar-refractivity contribution in [1.29, 1.82) is 0 Å². The maximum Gasteiger partial charge on any atom is 0.175 e. The Morgan fingerprint density at radius 3 is 2.92 bits per heavy atom. The van der Waals surface area contributed by atoms with Gasteiger partial charge in [0.2, 0.25) is 0 Å². The molecule has 0 amide bonds. The van der Waals surface area contributed by atoms with Crippen molar-refractivity contribution in [2.45, 2.75) is 36.5 Å². The summed E-state index contributed by atoms with van der Waals surface area (Å²) >= 11 is 7.59. The van der Waals surface area contributed by atoms with Crippen LogP contribution in [0.4, 0.5) is 5.82 Å². The molecule has 1 atom stereocenters. The standard InChI is InChI=1S/C17H21ClN6OS/c1-10-7-12(18)3-4-13(10)26-17-23-14-15(19)21-9-22-16(14)24(17)6-5-20-8-11(2)25/h3-4,7,9,11,20,25H,5-6,8H2,1-2H3,(H2,19,21,22)/t11-/m1/s1. The Hall–Kier alpha value is -1.87. The summed E-state index contributed by atoms with van der Waals surface area (Å²) in [6.07, 6.45) is 1.05. The molecule has 2 aromatic heterocycles. The summed E-state index contributed by atoms with van der Waals surface area (Å²) in [7, 11) is 0. The number of nitrogen functional groups attached to an aromatic ring is 1. The van der Waals surface area contributed by atoms with Gasteiger partial charge in [-0.1, -0.05) is 23.4 Å². The van der Waals surface area contributed by atoms with E-state index in [1.807, 2.05) is 29.7 Å². The highest BCUT2D eigenvalue weighted by molar-refractivity contribution is 7.99. The van der Waals surface area contributed by atoms with E-state index in [9.17, 15) is 5.11 Å². The molecule has 26 heavy (non-hydrogen) atoms. The number of nitrogens with zero attached hydrogens (tertiary/aromatic N) is 4. The van der Waals surface area contributed by atoms with Gasteiger partial charge in [-0.3, -0.25) is 0 Å². The van der Waals surface area contributed by atoms with Gasteiger partial charge in [0.05, 0.1) is 6.10 Å². The lowest BCUT2D eigenvalue weighted by Crippen LogP contribution is -2.27. The minimum atomic E-state index is -0.391. The van der Waals surface area contributed by atoms with E-state index >= 15 is 0 Å². The first-order chi connectivity index (χ1) is 12.5. The number of aromatic nitrogens is 4. The quantitative estimate of drug-likeness (QED) is 0.531. The molecule has 3 aromatic rings. The number of nitrogens with one attached hydrogen (secondary N) is 1. The maximum absolute atomic E-state index is 9.39. The van der Waals surface area contributed by atoms with Crippen LogP contribution in [0.15, 0.2) is 34.6 Å². The second-order valence-electron chi connectivity index (χ2n) is 6.04. The van der Waals surface area contributed by atoms with Gasteiger partial charge in [-0.15, -0.1) is 0 Å². The van der Waals surface area contributed by atoms with Gasteiger partial charge in [0.25, 0.3) is 0 Å². The predicted molar refractivity (Wildman–Crippen MR) is 105 cm³/mol. The topological polar surface area (TPSA) is 102 Å². The number of rotatable bonds is 7.